The fraction of sp³-hybridized carbons (Fsp3) is 0.731. The van der Waals surface area contributed by atoms with Gasteiger partial charge < -0.3 is 14.2 Å². The summed E-state index contributed by atoms with van der Waals surface area (Å²) >= 11 is 0. The molecule has 1 aliphatic carbocycles. The third-order valence-electron chi connectivity index (χ3n) is 7.35. The summed E-state index contributed by atoms with van der Waals surface area (Å²) in [6, 6.07) is 3.64. The number of fused-ring (bicyclic) bond motifs is 3. The highest BCUT2D eigenvalue weighted by atomic mass is 19.3. The third-order valence-corrected chi connectivity index (χ3v) is 7.35. The van der Waals surface area contributed by atoms with E-state index in [-0.39, 0.29) is 24.1 Å². The first-order chi connectivity index (χ1) is 15.9. The van der Waals surface area contributed by atoms with Gasteiger partial charge in [0.05, 0.1) is 25.6 Å². The molecule has 1 saturated carbocycles. The average Bonchev–Trinajstić information content (AvgIpc) is 2.77. The zero-order valence-electron chi connectivity index (χ0n) is 19.9. The largest absolute Gasteiger partial charge is 0.432 e. The summed E-state index contributed by atoms with van der Waals surface area (Å²) in [7, 11) is 0. The van der Waals surface area contributed by atoms with Crippen molar-refractivity contribution in [2.24, 2.45) is 11.8 Å². The second-order valence-corrected chi connectivity index (χ2v) is 9.94. The van der Waals surface area contributed by atoms with E-state index in [4.69, 9.17) is 14.2 Å². The summed E-state index contributed by atoms with van der Waals surface area (Å²) in [6.45, 7) is 7.81. The SMILES string of the molecule is CCCCCc1cc(OC(=O)CCN2CCOCC2)c2c(c1)OC(F)(F)C1CCC(C)CC21. The van der Waals surface area contributed by atoms with Gasteiger partial charge in [0.2, 0.25) is 0 Å². The van der Waals surface area contributed by atoms with Crippen LogP contribution in [0.2, 0.25) is 0 Å². The number of unbranched alkanes of at least 4 members (excludes halogenated alkanes) is 2. The van der Waals surface area contributed by atoms with Crippen molar-refractivity contribution in [1.82, 2.24) is 4.90 Å². The number of hydrogen-bond acceptors (Lipinski definition) is 5. The molecule has 0 amide bonds. The van der Waals surface area contributed by atoms with Crippen LogP contribution in [0.25, 0.3) is 0 Å². The molecule has 0 aromatic heterocycles. The highest BCUT2D eigenvalue weighted by Gasteiger charge is 2.54. The van der Waals surface area contributed by atoms with E-state index in [9.17, 15) is 13.6 Å². The first-order valence-electron chi connectivity index (χ1n) is 12.6. The Morgan fingerprint density at radius 2 is 2.00 bits per heavy atom. The Bertz CT molecular complexity index is 825. The van der Waals surface area contributed by atoms with Crippen LogP contribution in [0.1, 0.15) is 75.8 Å². The number of rotatable bonds is 8. The third kappa shape index (κ3) is 5.86. The number of carbonyl (C=O) groups excluding carboxylic acids is 1. The zero-order valence-corrected chi connectivity index (χ0v) is 19.9. The molecule has 0 bridgehead atoms. The lowest BCUT2D eigenvalue weighted by atomic mass is 9.69. The van der Waals surface area contributed by atoms with E-state index in [0.29, 0.717) is 49.8 Å². The van der Waals surface area contributed by atoms with E-state index in [0.717, 1.165) is 50.8 Å². The minimum Gasteiger partial charge on any atom is -0.432 e. The second-order valence-electron chi connectivity index (χ2n) is 9.94. The van der Waals surface area contributed by atoms with Crippen LogP contribution in [0.5, 0.6) is 11.5 Å². The van der Waals surface area contributed by atoms with Gasteiger partial charge in [-0.05, 0) is 49.3 Å². The highest BCUT2D eigenvalue weighted by molar-refractivity contribution is 5.74. The van der Waals surface area contributed by atoms with Crippen molar-refractivity contribution >= 4 is 5.97 Å². The number of hydrogen-bond donors (Lipinski definition) is 0. The van der Waals surface area contributed by atoms with Crippen molar-refractivity contribution in [3.63, 3.8) is 0 Å². The summed E-state index contributed by atoms with van der Waals surface area (Å²) in [4.78, 5) is 15.0. The van der Waals surface area contributed by atoms with Gasteiger partial charge in [-0.25, -0.2) is 0 Å². The molecule has 1 aromatic rings. The van der Waals surface area contributed by atoms with Gasteiger partial charge in [-0.15, -0.1) is 0 Å². The summed E-state index contributed by atoms with van der Waals surface area (Å²) < 4.78 is 46.5. The smallest absolute Gasteiger partial charge is 0.401 e. The van der Waals surface area contributed by atoms with Crippen molar-refractivity contribution in [2.45, 2.75) is 77.2 Å². The maximum Gasteiger partial charge on any atom is 0.401 e. The first-order valence-corrected chi connectivity index (χ1v) is 12.6. The highest BCUT2D eigenvalue weighted by Crippen LogP contribution is 2.56. The minimum absolute atomic E-state index is 0.195. The number of nitrogens with zero attached hydrogens (tertiary/aromatic N) is 1. The Labute approximate surface area is 195 Å². The van der Waals surface area contributed by atoms with Crippen molar-refractivity contribution in [2.75, 3.05) is 32.8 Å². The van der Waals surface area contributed by atoms with Gasteiger partial charge >= 0.3 is 12.1 Å². The Hall–Kier alpha value is -1.73. The molecule has 4 rings (SSSR count). The lowest BCUT2D eigenvalue weighted by molar-refractivity contribution is -0.237. The lowest BCUT2D eigenvalue weighted by Gasteiger charge is -2.43. The van der Waals surface area contributed by atoms with Gasteiger partial charge in [0.15, 0.2) is 0 Å². The van der Waals surface area contributed by atoms with Crippen LogP contribution in [0.15, 0.2) is 12.1 Å². The van der Waals surface area contributed by atoms with Crippen molar-refractivity contribution < 1.29 is 27.8 Å². The molecule has 3 unspecified atom stereocenters. The Balaban J connectivity index is 1.58. The van der Waals surface area contributed by atoms with Crippen molar-refractivity contribution in [3.05, 3.63) is 23.3 Å². The number of halogens is 2. The summed E-state index contributed by atoms with van der Waals surface area (Å²) in [5.41, 5.74) is 1.55. The topological polar surface area (TPSA) is 48.0 Å². The molecule has 1 aromatic carbocycles. The molecule has 0 spiro atoms. The lowest BCUT2D eigenvalue weighted by Crippen LogP contribution is -2.45. The second kappa shape index (κ2) is 10.7. The number of alkyl halides is 2. The number of ether oxygens (including phenoxy) is 3. The van der Waals surface area contributed by atoms with Gasteiger partial charge in [-0.2, -0.15) is 8.78 Å². The fourth-order valence-corrected chi connectivity index (χ4v) is 5.49. The Morgan fingerprint density at radius 3 is 2.76 bits per heavy atom. The number of benzene rings is 1. The van der Waals surface area contributed by atoms with E-state index in [2.05, 4.69) is 18.7 Å². The van der Waals surface area contributed by atoms with E-state index >= 15 is 0 Å². The standard InChI is InChI=1S/C26H37F2NO4/c1-3-4-5-6-19-16-22(32-24(30)9-10-29-11-13-31-14-12-29)25-20-15-18(2)7-8-21(20)26(27,28)33-23(25)17-19/h16-18,20-21H,3-15H2,1-2H3. The molecule has 2 fully saturated rings. The predicted octanol–water partition coefficient (Wildman–Crippen LogP) is 5.55. The number of carbonyl (C=O) groups is 1. The molecule has 0 N–H and O–H groups in total. The molecule has 1 saturated heterocycles. The summed E-state index contributed by atoms with van der Waals surface area (Å²) in [5.74, 6) is -0.600. The maximum absolute atomic E-state index is 15.0. The summed E-state index contributed by atoms with van der Waals surface area (Å²) in [6.07, 6.45) is 2.74. The first kappa shape index (κ1) is 24.4. The van der Waals surface area contributed by atoms with Crippen LogP contribution in [0, 0.1) is 11.8 Å². The van der Waals surface area contributed by atoms with Gasteiger partial charge in [0.25, 0.3) is 0 Å². The van der Waals surface area contributed by atoms with Crippen LogP contribution in [-0.2, 0) is 16.0 Å². The molecule has 184 valence electrons. The zero-order chi connectivity index (χ0) is 23.4. The fourth-order valence-electron chi connectivity index (χ4n) is 5.49. The maximum atomic E-state index is 15.0. The van der Waals surface area contributed by atoms with Crippen LogP contribution in [0.3, 0.4) is 0 Å². The van der Waals surface area contributed by atoms with Gasteiger partial charge in [0.1, 0.15) is 11.5 Å². The van der Waals surface area contributed by atoms with E-state index in [1.54, 1.807) is 6.07 Å². The molecule has 3 atom stereocenters. The molecule has 2 heterocycles. The van der Waals surface area contributed by atoms with Crippen LogP contribution < -0.4 is 9.47 Å². The van der Waals surface area contributed by atoms with E-state index in [1.807, 2.05) is 6.07 Å². The molecular formula is C26H37F2NO4. The van der Waals surface area contributed by atoms with Gasteiger partial charge in [-0.3, -0.25) is 9.69 Å². The van der Waals surface area contributed by atoms with Crippen LogP contribution in [0.4, 0.5) is 8.78 Å². The van der Waals surface area contributed by atoms with Crippen molar-refractivity contribution in [1.29, 1.82) is 0 Å². The summed E-state index contributed by atoms with van der Waals surface area (Å²) in [5, 5.41) is 0. The van der Waals surface area contributed by atoms with E-state index in [1.165, 1.54) is 0 Å². The number of morpholine rings is 1. The molecule has 7 heteroatoms. The molecule has 2 aliphatic heterocycles. The predicted molar refractivity (Wildman–Crippen MR) is 122 cm³/mol. The minimum atomic E-state index is -3.20. The number of esters is 1. The molecule has 0 radical (unpaired) electrons. The van der Waals surface area contributed by atoms with Crippen molar-refractivity contribution in [3.8, 4) is 11.5 Å². The average molecular weight is 466 g/mol. The normalized spacial score (nSPS) is 26.7. The quantitative estimate of drug-likeness (QED) is 0.286. The molecule has 3 aliphatic rings. The Morgan fingerprint density at radius 1 is 1.21 bits per heavy atom. The van der Waals surface area contributed by atoms with Gasteiger partial charge in [0, 0.05) is 31.1 Å². The Kier molecular flexibility index (Phi) is 7.90. The van der Waals surface area contributed by atoms with Gasteiger partial charge in [-0.1, -0.05) is 33.1 Å². The van der Waals surface area contributed by atoms with E-state index < -0.39 is 12.0 Å². The molecule has 33 heavy (non-hydrogen) atoms. The van der Waals surface area contributed by atoms with Crippen LogP contribution >= 0.6 is 0 Å². The molecule has 5 nitrogen and oxygen atoms in total. The number of aryl methyl sites for hydroxylation is 1. The molecular weight excluding hydrogens is 428 g/mol. The monoisotopic (exact) mass is 465 g/mol. The van der Waals surface area contributed by atoms with Crippen LogP contribution in [-0.4, -0.2) is 49.8 Å².